The molecule has 2 unspecified atom stereocenters. The largest absolute Gasteiger partial charge is 0.312 e. The van der Waals surface area contributed by atoms with Crippen LogP contribution in [-0.4, -0.2) is 11.9 Å². The highest BCUT2D eigenvalue weighted by atomic mass is 79.9. The summed E-state index contributed by atoms with van der Waals surface area (Å²) >= 11 is 15.8. The first-order valence-electron chi connectivity index (χ1n) is 5.95. The minimum Gasteiger partial charge on any atom is -0.312 e. The van der Waals surface area contributed by atoms with Gasteiger partial charge in [0, 0.05) is 21.4 Å². The van der Waals surface area contributed by atoms with E-state index in [1.165, 1.54) is 12.8 Å². The van der Waals surface area contributed by atoms with Gasteiger partial charge >= 0.3 is 0 Å². The van der Waals surface area contributed by atoms with Crippen molar-refractivity contribution in [3.8, 4) is 0 Å². The summed E-state index contributed by atoms with van der Waals surface area (Å²) in [5, 5.41) is 4.61. The van der Waals surface area contributed by atoms with Gasteiger partial charge in [0.1, 0.15) is 0 Å². The quantitative estimate of drug-likeness (QED) is 0.792. The van der Waals surface area contributed by atoms with Crippen LogP contribution in [0.5, 0.6) is 0 Å². The number of alkyl halides is 1. The summed E-state index contributed by atoms with van der Waals surface area (Å²) in [5.41, 5.74) is 1.14. The van der Waals surface area contributed by atoms with Gasteiger partial charge in [-0.25, -0.2) is 0 Å². The first-order valence-corrected chi connectivity index (χ1v) is 7.56. The van der Waals surface area contributed by atoms with Crippen LogP contribution in [0.4, 0.5) is 0 Å². The molecular formula is C13H16BrCl2N. The lowest BCUT2D eigenvalue weighted by Gasteiger charge is -2.15. The number of benzene rings is 1. The van der Waals surface area contributed by atoms with Crippen LogP contribution in [0.15, 0.2) is 22.7 Å². The molecule has 0 aromatic heterocycles. The topological polar surface area (TPSA) is 12.0 Å². The second-order valence-electron chi connectivity index (χ2n) is 4.57. The van der Waals surface area contributed by atoms with E-state index in [-0.39, 0.29) is 0 Å². The maximum Gasteiger partial charge on any atom is 0.0462 e. The summed E-state index contributed by atoms with van der Waals surface area (Å²) in [6, 6.07) is 5.99. The number of nitrogens with one attached hydrogen (secondary N) is 1. The Kier molecular flexibility index (Phi) is 5.16. The predicted molar refractivity (Wildman–Crippen MR) is 77.8 cm³/mol. The van der Waals surface area contributed by atoms with Crippen LogP contribution >= 0.6 is 39.1 Å². The third kappa shape index (κ3) is 3.85. The minimum absolute atomic E-state index is 0.350. The normalized spacial score (nSPS) is 24.2. The Bertz CT molecular complexity index is 384. The third-order valence-corrected chi connectivity index (χ3v) is 4.72. The second kappa shape index (κ2) is 6.42. The van der Waals surface area contributed by atoms with E-state index in [2.05, 4.69) is 21.2 Å². The molecule has 0 amide bonds. The maximum absolute atomic E-state index is 6.24. The molecule has 0 saturated heterocycles. The number of halogens is 3. The molecule has 0 heterocycles. The molecule has 1 aromatic rings. The number of hydrogen-bond acceptors (Lipinski definition) is 1. The molecule has 0 spiro atoms. The van der Waals surface area contributed by atoms with Crippen molar-refractivity contribution in [2.75, 3.05) is 6.54 Å². The Morgan fingerprint density at radius 2 is 2.18 bits per heavy atom. The molecule has 0 radical (unpaired) electrons. The second-order valence-corrected chi connectivity index (χ2v) is 6.46. The van der Waals surface area contributed by atoms with Crippen molar-refractivity contribution in [2.24, 2.45) is 5.92 Å². The zero-order valence-electron chi connectivity index (χ0n) is 9.56. The van der Waals surface area contributed by atoms with Gasteiger partial charge in [0.05, 0.1) is 0 Å². The van der Waals surface area contributed by atoms with Crippen LogP contribution in [0.2, 0.25) is 5.02 Å². The van der Waals surface area contributed by atoms with E-state index in [9.17, 15) is 0 Å². The molecule has 94 valence electrons. The molecule has 1 saturated carbocycles. The predicted octanol–water partition coefficient (Wildman–Crippen LogP) is 4.60. The number of rotatable bonds is 4. The van der Waals surface area contributed by atoms with E-state index in [1.54, 1.807) is 0 Å². The molecule has 1 aliphatic carbocycles. The molecule has 1 fully saturated rings. The van der Waals surface area contributed by atoms with Gasteiger partial charge in [-0.2, -0.15) is 0 Å². The molecule has 1 aliphatic rings. The van der Waals surface area contributed by atoms with Gasteiger partial charge in [-0.15, -0.1) is 11.6 Å². The van der Waals surface area contributed by atoms with E-state index >= 15 is 0 Å². The van der Waals surface area contributed by atoms with Gasteiger partial charge in [-0.3, -0.25) is 0 Å². The molecule has 0 bridgehead atoms. The maximum atomic E-state index is 6.24. The van der Waals surface area contributed by atoms with Gasteiger partial charge in [-0.1, -0.05) is 40.0 Å². The van der Waals surface area contributed by atoms with E-state index in [0.717, 1.165) is 34.6 Å². The zero-order valence-corrected chi connectivity index (χ0v) is 12.7. The average Bonchev–Trinajstić information content (AvgIpc) is 2.68. The van der Waals surface area contributed by atoms with Crippen molar-refractivity contribution in [3.05, 3.63) is 33.3 Å². The summed E-state index contributed by atoms with van der Waals surface area (Å²) in [7, 11) is 0. The van der Waals surface area contributed by atoms with Crippen molar-refractivity contribution >= 4 is 39.1 Å². The summed E-state index contributed by atoms with van der Waals surface area (Å²) < 4.78 is 1.02. The van der Waals surface area contributed by atoms with Crippen molar-refractivity contribution < 1.29 is 0 Å². The van der Waals surface area contributed by atoms with Crippen molar-refractivity contribution in [3.63, 3.8) is 0 Å². The Morgan fingerprint density at radius 3 is 2.82 bits per heavy atom. The first-order chi connectivity index (χ1) is 8.16. The Balaban J connectivity index is 1.81. The van der Waals surface area contributed by atoms with Crippen LogP contribution < -0.4 is 5.32 Å². The summed E-state index contributed by atoms with van der Waals surface area (Å²) in [4.78, 5) is 0. The van der Waals surface area contributed by atoms with Crippen LogP contribution in [0, 0.1) is 5.92 Å². The van der Waals surface area contributed by atoms with E-state index < -0.39 is 0 Å². The molecule has 17 heavy (non-hydrogen) atoms. The molecule has 1 nitrogen and oxygen atoms in total. The monoisotopic (exact) mass is 335 g/mol. The van der Waals surface area contributed by atoms with Gasteiger partial charge < -0.3 is 5.32 Å². The third-order valence-electron chi connectivity index (χ3n) is 3.30. The van der Waals surface area contributed by atoms with Gasteiger partial charge in [-0.05, 0) is 43.0 Å². The fraction of sp³-hybridized carbons (Fsp3) is 0.538. The molecule has 1 N–H and O–H groups in total. The van der Waals surface area contributed by atoms with Crippen LogP contribution in [-0.2, 0) is 6.54 Å². The highest BCUT2D eigenvalue weighted by molar-refractivity contribution is 9.10. The highest BCUT2D eigenvalue weighted by Gasteiger charge is 2.24. The van der Waals surface area contributed by atoms with Crippen LogP contribution in [0.25, 0.3) is 0 Å². The van der Waals surface area contributed by atoms with E-state index in [0.29, 0.717) is 11.3 Å². The van der Waals surface area contributed by atoms with Crippen LogP contribution in [0.3, 0.4) is 0 Å². The van der Waals surface area contributed by atoms with Crippen molar-refractivity contribution in [2.45, 2.75) is 31.2 Å². The van der Waals surface area contributed by atoms with Gasteiger partial charge in [0.15, 0.2) is 0 Å². The van der Waals surface area contributed by atoms with E-state index in [1.807, 2.05) is 18.2 Å². The summed E-state index contributed by atoms with van der Waals surface area (Å²) in [5.74, 6) is 0.617. The molecule has 4 heteroatoms. The van der Waals surface area contributed by atoms with Gasteiger partial charge in [0.25, 0.3) is 0 Å². The van der Waals surface area contributed by atoms with Crippen molar-refractivity contribution in [1.29, 1.82) is 0 Å². The number of hydrogen-bond donors (Lipinski definition) is 1. The molecule has 1 aromatic carbocycles. The lowest BCUT2D eigenvalue weighted by atomic mass is 10.1. The van der Waals surface area contributed by atoms with E-state index in [4.69, 9.17) is 23.2 Å². The fourth-order valence-electron chi connectivity index (χ4n) is 2.28. The standard InChI is InChI=1S/C13H16BrCl2N/c14-11-5-4-10(13(16)6-11)8-17-7-9-2-1-3-12(9)15/h4-6,9,12,17H,1-3,7-8H2. The van der Waals surface area contributed by atoms with Crippen molar-refractivity contribution in [1.82, 2.24) is 5.32 Å². The fourth-order valence-corrected chi connectivity index (χ4v) is 3.39. The van der Waals surface area contributed by atoms with Crippen LogP contribution in [0.1, 0.15) is 24.8 Å². The molecule has 0 aliphatic heterocycles. The summed E-state index contributed by atoms with van der Waals surface area (Å²) in [6.45, 7) is 1.80. The zero-order chi connectivity index (χ0) is 12.3. The lowest BCUT2D eigenvalue weighted by Crippen LogP contribution is -2.25. The molecular weight excluding hydrogens is 321 g/mol. The Labute approximate surface area is 121 Å². The Morgan fingerprint density at radius 1 is 1.35 bits per heavy atom. The Hall–Kier alpha value is 0.240. The highest BCUT2D eigenvalue weighted by Crippen LogP contribution is 2.29. The average molecular weight is 337 g/mol. The first kappa shape index (κ1) is 13.7. The lowest BCUT2D eigenvalue weighted by molar-refractivity contribution is 0.494. The van der Waals surface area contributed by atoms with Gasteiger partial charge in [0.2, 0.25) is 0 Å². The smallest absolute Gasteiger partial charge is 0.0462 e. The molecule has 2 rings (SSSR count). The minimum atomic E-state index is 0.350. The SMILES string of the molecule is Clc1cc(Br)ccc1CNCC1CCCC1Cl. The summed E-state index contributed by atoms with van der Waals surface area (Å²) in [6.07, 6.45) is 3.67. The molecule has 2 atom stereocenters.